The molecule has 2 aromatic heterocycles. The molecule has 156 valence electrons. The standard InChI is InChI=1S/C24H27N3O3/c1-7-10-20-17(3)25-22-21(13-9-14-27(20)22)29-15-18-16(2)11-8-12-19(18)26-23(28)30-24(4,5)6/h1,8-9,11-14H,10,15H2,2-6H3,(H,26,28). The van der Waals surface area contributed by atoms with Crippen LogP contribution in [-0.4, -0.2) is 21.1 Å². The third kappa shape index (κ3) is 4.74. The number of terminal acetylenes is 1. The summed E-state index contributed by atoms with van der Waals surface area (Å²) in [5, 5.41) is 2.83. The van der Waals surface area contributed by atoms with Crippen molar-refractivity contribution in [3.05, 3.63) is 59.0 Å². The minimum atomic E-state index is -0.575. The van der Waals surface area contributed by atoms with Gasteiger partial charge < -0.3 is 9.47 Å². The van der Waals surface area contributed by atoms with Crippen LogP contribution in [0.25, 0.3) is 5.65 Å². The van der Waals surface area contributed by atoms with E-state index in [0.29, 0.717) is 17.9 Å². The first-order valence-corrected chi connectivity index (χ1v) is 9.81. The molecule has 2 heterocycles. The Morgan fingerprint density at radius 2 is 2.00 bits per heavy atom. The molecule has 1 N–H and O–H groups in total. The maximum Gasteiger partial charge on any atom is 0.412 e. The molecule has 0 radical (unpaired) electrons. The van der Waals surface area contributed by atoms with Crippen molar-refractivity contribution in [1.29, 1.82) is 0 Å². The Morgan fingerprint density at radius 3 is 2.70 bits per heavy atom. The Balaban J connectivity index is 1.85. The molecule has 0 aliphatic heterocycles. The first-order chi connectivity index (χ1) is 14.2. The number of hydrogen-bond acceptors (Lipinski definition) is 4. The van der Waals surface area contributed by atoms with Crippen molar-refractivity contribution < 1.29 is 14.3 Å². The van der Waals surface area contributed by atoms with E-state index in [4.69, 9.17) is 15.9 Å². The number of aromatic nitrogens is 2. The van der Waals surface area contributed by atoms with Crippen LogP contribution in [0.1, 0.15) is 43.3 Å². The predicted octanol–water partition coefficient (Wildman–Crippen LogP) is 5.05. The van der Waals surface area contributed by atoms with Crippen LogP contribution < -0.4 is 10.1 Å². The topological polar surface area (TPSA) is 64.9 Å². The fourth-order valence-corrected chi connectivity index (χ4v) is 3.20. The fourth-order valence-electron chi connectivity index (χ4n) is 3.20. The zero-order valence-corrected chi connectivity index (χ0v) is 18.1. The largest absolute Gasteiger partial charge is 0.485 e. The van der Waals surface area contributed by atoms with Gasteiger partial charge in [-0.3, -0.25) is 9.72 Å². The number of nitrogens with one attached hydrogen (secondary N) is 1. The zero-order chi connectivity index (χ0) is 21.9. The van der Waals surface area contributed by atoms with Crippen LogP contribution >= 0.6 is 0 Å². The Labute approximate surface area is 177 Å². The summed E-state index contributed by atoms with van der Waals surface area (Å²) in [5.41, 5.74) is 4.53. The molecule has 0 bridgehead atoms. The molecule has 0 saturated carbocycles. The lowest BCUT2D eigenvalue weighted by Gasteiger charge is -2.21. The monoisotopic (exact) mass is 405 g/mol. The van der Waals surface area contributed by atoms with E-state index < -0.39 is 11.7 Å². The molecule has 1 amide bonds. The van der Waals surface area contributed by atoms with Gasteiger partial charge in [0.25, 0.3) is 0 Å². The van der Waals surface area contributed by atoms with Gasteiger partial charge in [0, 0.05) is 11.8 Å². The van der Waals surface area contributed by atoms with Crippen molar-refractivity contribution >= 4 is 17.4 Å². The van der Waals surface area contributed by atoms with Crippen LogP contribution in [0, 0.1) is 26.2 Å². The Morgan fingerprint density at radius 1 is 1.23 bits per heavy atom. The van der Waals surface area contributed by atoms with Crippen molar-refractivity contribution in [2.24, 2.45) is 0 Å². The number of pyridine rings is 1. The lowest BCUT2D eigenvalue weighted by molar-refractivity contribution is 0.0635. The number of benzene rings is 1. The zero-order valence-electron chi connectivity index (χ0n) is 18.1. The van der Waals surface area contributed by atoms with E-state index >= 15 is 0 Å². The summed E-state index contributed by atoms with van der Waals surface area (Å²) >= 11 is 0. The van der Waals surface area contributed by atoms with Gasteiger partial charge in [-0.25, -0.2) is 9.78 Å². The summed E-state index contributed by atoms with van der Waals surface area (Å²) in [4.78, 5) is 16.9. The maximum absolute atomic E-state index is 12.2. The van der Waals surface area contributed by atoms with Crippen molar-refractivity contribution in [3.8, 4) is 18.1 Å². The lowest BCUT2D eigenvalue weighted by atomic mass is 10.1. The minimum Gasteiger partial charge on any atom is -0.485 e. The molecule has 3 rings (SSSR count). The number of rotatable bonds is 5. The predicted molar refractivity (Wildman–Crippen MR) is 118 cm³/mol. The molecule has 0 saturated heterocycles. The number of carbonyl (C=O) groups is 1. The number of hydrogen-bond donors (Lipinski definition) is 1. The second-order valence-corrected chi connectivity index (χ2v) is 8.11. The van der Waals surface area contributed by atoms with Gasteiger partial charge in [0.05, 0.1) is 23.5 Å². The first kappa shape index (κ1) is 21.3. The van der Waals surface area contributed by atoms with Crippen molar-refractivity contribution in [3.63, 3.8) is 0 Å². The molecule has 1 aromatic carbocycles. The van der Waals surface area contributed by atoms with Crippen LogP contribution in [0.5, 0.6) is 5.75 Å². The van der Waals surface area contributed by atoms with Crippen molar-refractivity contribution in [1.82, 2.24) is 9.38 Å². The number of imidazole rings is 1. The number of fused-ring (bicyclic) bond motifs is 1. The highest BCUT2D eigenvalue weighted by atomic mass is 16.6. The Bertz CT molecular complexity index is 1120. The summed E-state index contributed by atoms with van der Waals surface area (Å²) in [6.07, 6.45) is 7.42. The molecule has 0 aliphatic carbocycles. The molecule has 6 heteroatoms. The van der Waals surface area contributed by atoms with E-state index in [2.05, 4.69) is 16.2 Å². The van der Waals surface area contributed by atoms with Crippen LogP contribution in [-0.2, 0) is 17.8 Å². The summed E-state index contributed by atoms with van der Waals surface area (Å²) in [6.45, 7) is 9.67. The van der Waals surface area contributed by atoms with Crippen molar-refractivity contribution in [2.45, 2.75) is 53.2 Å². The van der Waals surface area contributed by atoms with Crippen LogP contribution in [0.3, 0.4) is 0 Å². The van der Waals surface area contributed by atoms with Crippen LogP contribution in [0.4, 0.5) is 10.5 Å². The van der Waals surface area contributed by atoms with E-state index in [-0.39, 0.29) is 6.61 Å². The van der Waals surface area contributed by atoms with Crippen LogP contribution in [0.15, 0.2) is 36.5 Å². The molecule has 0 fully saturated rings. The van der Waals surface area contributed by atoms with Gasteiger partial charge in [0.2, 0.25) is 0 Å². The highest BCUT2D eigenvalue weighted by molar-refractivity contribution is 5.86. The van der Waals surface area contributed by atoms with E-state index in [0.717, 1.165) is 28.2 Å². The van der Waals surface area contributed by atoms with E-state index in [1.54, 1.807) is 0 Å². The average molecular weight is 405 g/mol. The molecule has 30 heavy (non-hydrogen) atoms. The molecule has 0 unspecified atom stereocenters. The second kappa shape index (κ2) is 8.50. The molecular weight excluding hydrogens is 378 g/mol. The number of amides is 1. The van der Waals surface area contributed by atoms with Gasteiger partial charge in [-0.2, -0.15) is 0 Å². The number of aryl methyl sites for hydroxylation is 2. The minimum absolute atomic E-state index is 0.272. The number of carbonyl (C=O) groups excluding carboxylic acids is 1. The summed E-state index contributed by atoms with van der Waals surface area (Å²) in [7, 11) is 0. The number of nitrogens with zero attached hydrogens (tertiary/aromatic N) is 2. The van der Waals surface area contributed by atoms with Crippen LogP contribution in [0.2, 0.25) is 0 Å². The lowest BCUT2D eigenvalue weighted by Crippen LogP contribution is -2.27. The fraction of sp³-hybridized carbons (Fsp3) is 0.333. The van der Waals surface area contributed by atoms with Gasteiger partial charge in [-0.1, -0.05) is 12.1 Å². The molecule has 3 aromatic rings. The summed E-state index contributed by atoms with van der Waals surface area (Å²) in [6, 6.07) is 9.48. The van der Waals surface area contributed by atoms with Crippen molar-refractivity contribution in [2.75, 3.05) is 5.32 Å². The number of ether oxygens (including phenoxy) is 2. The normalized spacial score (nSPS) is 11.2. The Hall–Kier alpha value is -3.46. The molecular formula is C24H27N3O3. The quantitative estimate of drug-likeness (QED) is 0.603. The SMILES string of the molecule is C#CCc1c(C)nc2c(OCc3c(C)cccc3NC(=O)OC(C)(C)C)cccn12. The molecule has 0 atom stereocenters. The second-order valence-electron chi connectivity index (χ2n) is 8.11. The van der Waals surface area contributed by atoms with Gasteiger partial charge in [0.1, 0.15) is 12.2 Å². The highest BCUT2D eigenvalue weighted by Crippen LogP contribution is 2.26. The summed E-state index contributed by atoms with van der Waals surface area (Å²) in [5.74, 6) is 3.32. The molecule has 0 aliphatic rings. The van der Waals surface area contributed by atoms with Gasteiger partial charge in [-0.15, -0.1) is 12.3 Å². The van der Waals surface area contributed by atoms with E-state index in [1.165, 1.54) is 0 Å². The van der Waals surface area contributed by atoms with E-state index in [1.807, 2.05) is 75.5 Å². The maximum atomic E-state index is 12.2. The number of anilines is 1. The smallest absolute Gasteiger partial charge is 0.412 e. The first-order valence-electron chi connectivity index (χ1n) is 9.81. The van der Waals surface area contributed by atoms with Gasteiger partial charge in [-0.05, 0) is 58.4 Å². The van der Waals surface area contributed by atoms with E-state index in [9.17, 15) is 4.79 Å². The Kier molecular flexibility index (Phi) is 6.02. The third-order valence-corrected chi connectivity index (χ3v) is 4.60. The highest BCUT2D eigenvalue weighted by Gasteiger charge is 2.18. The van der Waals surface area contributed by atoms with Gasteiger partial charge in [0.15, 0.2) is 11.4 Å². The van der Waals surface area contributed by atoms with Gasteiger partial charge >= 0.3 is 6.09 Å². The average Bonchev–Trinajstić information content (AvgIpc) is 2.96. The molecule has 6 nitrogen and oxygen atoms in total. The summed E-state index contributed by atoms with van der Waals surface area (Å²) < 4.78 is 13.5. The molecule has 0 spiro atoms. The third-order valence-electron chi connectivity index (χ3n) is 4.60.